The molecule has 2 rings (SSSR count). The highest BCUT2D eigenvalue weighted by Crippen LogP contribution is 2.29. The number of nitrogens with two attached hydrogens (primary N) is 1. The Morgan fingerprint density at radius 2 is 1.79 bits per heavy atom. The van der Waals surface area contributed by atoms with Crippen molar-refractivity contribution in [2.24, 2.45) is 0 Å². The standard InChI is InChI=1S/C14H14F2N2O/c1-8-5-14(12(17)7-11(8)16)18-13-6-9(19-2)3-4-10(13)15/h3-7,18H,17H2,1-2H3. The molecule has 0 aliphatic rings. The summed E-state index contributed by atoms with van der Waals surface area (Å²) in [5.41, 5.74) is 7.02. The third-order valence-electron chi connectivity index (χ3n) is 2.77. The molecular weight excluding hydrogens is 250 g/mol. The fourth-order valence-electron chi connectivity index (χ4n) is 1.68. The normalized spacial score (nSPS) is 10.3. The first-order chi connectivity index (χ1) is 9.01. The summed E-state index contributed by atoms with van der Waals surface area (Å²) in [6.07, 6.45) is 0. The SMILES string of the molecule is COc1ccc(F)c(Nc2cc(C)c(F)cc2N)c1. The average molecular weight is 264 g/mol. The Bertz CT molecular complexity index is 615. The van der Waals surface area contributed by atoms with E-state index in [0.717, 1.165) is 0 Å². The smallest absolute Gasteiger partial charge is 0.146 e. The number of hydrogen-bond acceptors (Lipinski definition) is 3. The summed E-state index contributed by atoms with van der Waals surface area (Å²) in [6.45, 7) is 1.61. The number of nitrogen functional groups attached to an aromatic ring is 1. The Balaban J connectivity index is 2.38. The molecule has 5 heteroatoms. The molecular formula is C14H14F2N2O. The Labute approximate surface area is 110 Å². The fraction of sp³-hybridized carbons (Fsp3) is 0.143. The van der Waals surface area contributed by atoms with Crippen molar-refractivity contribution in [1.29, 1.82) is 0 Å². The molecule has 3 N–H and O–H groups in total. The molecule has 0 spiro atoms. The van der Waals surface area contributed by atoms with Gasteiger partial charge in [0.05, 0.1) is 24.2 Å². The van der Waals surface area contributed by atoms with Gasteiger partial charge in [-0.3, -0.25) is 0 Å². The van der Waals surface area contributed by atoms with Crippen molar-refractivity contribution < 1.29 is 13.5 Å². The van der Waals surface area contributed by atoms with Crippen molar-refractivity contribution in [2.75, 3.05) is 18.2 Å². The first kappa shape index (κ1) is 13.1. The van der Waals surface area contributed by atoms with Gasteiger partial charge < -0.3 is 15.8 Å². The van der Waals surface area contributed by atoms with E-state index >= 15 is 0 Å². The number of anilines is 3. The van der Waals surface area contributed by atoms with E-state index in [1.54, 1.807) is 6.92 Å². The van der Waals surface area contributed by atoms with E-state index in [4.69, 9.17) is 10.5 Å². The van der Waals surface area contributed by atoms with E-state index < -0.39 is 11.6 Å². The summed E-state index contributed by atoms with van der Waals surface area (Å²) in [4.78, 5) is 0. The van der Waals surface area contributed by atoms with Crippen molar-refractivity contribution >= 4 is 17.1 Å². The summed E-state index contributed by atoms with van der Waals surface area (Å²) in [5, 5.41) is 2.84. The predicted molar refractivity (Wildman–Crippen MR) is 71.8 cm³/mol. The monoisotopic (exact) mass is 264 g/mol. The van der Waals surface area contributed by atoms with Crippen LogP contribution in [0.1, 0.15) is 5.56 Å². The van der Waals surface area contributed by atoms with Gasteiger partial charge in [0.15, 0.2) is 0 Å². The fourth-order valence-corrected chi connectivity index (χ4v) is 1.68. The van der Waals surface area contributed by atoms with E-state index in [2.05, 4.69) is 5.32 Å². The zero-order chi connectivity index (χ0) is 14.0. The predicted octanol–water partition coefficient (Wildman–Crippen LogP) is 3.61. The molecule has 2 aromatic carbocycles. The van der Waals surface area contributed by atoms with Crippen molar-refractivity contribution in [1.82, 2.24) is 0 Å². The van der Waals surface area contributed by atoms with Gasteiger partial charge in [-0.1, -0.05) is 0 Å². The van der Waals surface area contributed by atoms with Crippen molar-refractivity contribution in [2.45, 2.75) is 6.92 Å². The maximum atomic E-state index is 13.7. The summed E-state index contributed by atoms with van der Waals surface area (Å²) < 4.78 is 32.0. The molecule has 0 aliphatic carbocycles. The van der Waals surface area contributed by atoms with Crippen LogP contribution in [-0.4, -0.2) is 7.11 Å². The molecule has 0 atom stereocenters. The van der Waals surface area contributed by atoms with Crippen LogP contribution in [0, 0.1) is 18.6 Å². The highest BCUT2D eigenvalue weighted by Gasteiger charge is 2.09. The Morgan fingerprint density at radius 3 is 2.47 bits per heavy atom. The Kier molecular flexibility index (Phi) is 3.55. The van der Waals surface area contributed by atoms with Gasteiger partial charge in [-0.05, 0) is 36.8 Å². The average Bonchev–Trinajstić information content (AvgIpc) is 2.38. The van der Waals surface area contributed by atoms with Gasteiger partial charge in [0.1, 0.15) is 17.4 Å². The molecule has 0 heterocycles. The van der Waals surface area contributed by atoms with Crippen LogP contribution in [0.5, 0.6) is 5.75 Å². The van der Waals surface area contributed by atoms with Gasteiger partial charge in [-0.2, -0.15) is 0 Å². The summed E-state index contributed by atoms with van der Waals surface area (Å²) >= 11 is 0. The van der Waals surface area contributed by atoms with Gasteiger partial charge in [0.2, 0.25) is 0 Å². The molecule has 0 aliphatic heterocycles. The lowest BCUT2D eigenvalue weighted by molar-refractivity contribution is 0.414. The minimum atomic E-state index is -0.442. The number of halogens is 2. The van der Waals surface area contributed by atoms with Crippen molar-refractivity contribution in [3.05, 3.63) is 47.5 Å². The maximum Gasteiger partial charge on any atom is 0.146 e. The van der Waals surface area contributed by atoms with E-state index in [-0.39, 0.29) is 11.4 Å². The third-order valence-corrected chi connectivity index (χ3v) is 2.77. The summed E-state index contributed by atoms with van der Waals surface area (Å²) in [5.74, 6) is -0.322. The maximum absolute atomic E-state index is 13.7. The molecule has 0 aromatic heterocycles. The number of rotatable bonds is 3. The van der Waals surface area contributed by atoms with E-state index in [1.807, 2.05) is 0 Å². The highest BCUT2D eigenvalue weighted by molar-refractivity contribution is 5.74. The van der Waals surface area contributed by atoms with E-state index in [1.165, 1.54) is 37.4 Å². The lowest BCUT2D eigenvalue weighted by Crippen LogP contribution is -2.00. The lowest BCUT2D eigenvalue weighted by atomic mass is 10.1. The molecule has 0 amide bonds. The van der Waals surface area contributed by atoms with Gasteiger partial charge in [0, 0.05) is 6.07 Å². The minimum Gasteiger partial charge on any atom is -0.497 e. The Hall–Kier alpha value is -2.30. The van der Waals surface area contributed by atoms with Crippen LogP contribution >= 0.6 is 0 Å². The van der Waals surface area contributed by atoms with Crippen molar-refractivity contribution in [3.63, 3.8) is 0 Å². The second-order valence-corrected chi connectivity index (χ2v) is 4.16. The third kappa shape index (κ3) is 2.76. The number of aryl methyl sites for hydroxylation is 1. The quantitative estimate of drug-likeness (QED) is 0.832. The first-order valence-corrected chi connectivity index (χ1v) is 5.67. The van der Waals surface area contributed by atoms with Gasteiger partial charge >= 0.3 is 0 Å². The van der Waals surface area contributed by atoms with Crippen LogP contribution in [0.4, 0.5) is 25.8 Å². The van der Waals surface area contributed by atoms with E-state index in [9.17, 15) is 8.78 Å². The topological polar surface area (TPSA) is 47.3 Å². The molecule has 3 nitrogen and oxygen atoms in total. The van der Waals surface area contributed by atoms with Crippen LogP contribution in [0.2, 0.25) is 0 Å². The number of hydrogen-bond donors (Lipinski definition) is 2. The second kappa shape index (κ2) is 5.14. The number of nitrogens with one attached hydrogen (secondary N) is 1. The molecule has 2 aromatic rings. The first-order valence-electron chi connectivity index (χ1n) is 5.67. The van der Waals surface area contributed by atoms with Crippen LogP contribution < -0.4 is 15.8 Å². The van der Waals surface area contributed by atoms with Crippen LogP contribution in [-0.2, 0) is 0 Å². The molecule has 0 fully saturated rings. The zero-order valence-corrected chi connectivity index (χ0v) is 10.6. The van der Waals surface area contributed by atoms with Gasteiger partial charge in [0.25, 0.3) is 0 Å². The lowest BCUT2D eigenvalue weighted by Gasteiger charge is -2.12. The van der Waals surface area contributed by atoms with E-state index in [0.29, 0.717) is 17.0 Å². The molecule has 0 bridgehead atoms. The van der Waals surface area contributed by atoms with Crippen LogP contribution in [0.25, 0.3) is 0 Å². The largest absolute Gasteiger partial charge is 0.497 e. The molecule has 0 radical (unpaired) electrons. The second-order valence-electron chi connectivity index (χ2n) is 4.16. The highest BCUT2D eigenvalue weighted by atomic mass is 19.1. The molecule has 0 unspecified atom stereocenters. The molecule has 19 heavy (non-hydrogen) atoms. The van der Waals surface area contributed by atoms with Crippen molar-refractivity contribution in [3.8, 4) is 5.75 Å². The molecule has 100 valence electrons. The molecule has 0 saturated heterocycles. The van der Waals surface area contributed by atoms with Crippen LogP contribution in [0.15, 0.2) is 30.3 Å². The summed E-state index contributed by atoms with van der Waals surface area (Å²) in [6, 6.07) is 7.04. The minimum absolute atomic E-state index is 0.213. The van der Waals surface area contributed by atoms with Gasteiger partial charge in [-0.25, -0.2) is 8.78 Å². The van der Waals surface area contributed by atoms with Gasteiger partial charge in [-0.15, -0.1) is 0 Å². The Morgan fingerprint density at radius 1 is 1.05 bits per heavy atom. The number of benzene rings is 2. The number of methoxy groups -OCH3 is 1. The summed E-state index contributed by atoms with van der Waals surface area (Å²) in [7, 11) is 1.49. The number of ether oxygens (including phenoxy) is 1. The van der Waals surface area contributed by atoms with Crippen LogP contribution in [0.3, 0.4) is 0 Å². The zero-order valence-electron chi connectivity index (χ0n) is 10.6. The molecule has 0 saturated carbocycles.